The van der Waals surface area contributed by atoms with Gasteiger partial charge in [0.2, 0.25) is 0 Å². The van der Waals surface area contributed by atoms with Gasteiger partial charge in [-0.05, 0) is 67.3 Å². The number of pyridine rings is 1. The smallest absolute Gasteiger partial charge is 0.128 e. The summed E-state index contributed by atoms with van der Waals surface area (Å²) >= 11 is 3.50. The lowest BCUT2D eigenvalue weighted by Gasteiger charge is -2.28. The van der Waals surface area contributed by atoms with E-state index < -0.39 is 0 Å². The molecule has 0 radical (unpaired) electrons. The van der Waals surface area contributed by atoms with Gasteiger partial charge >= 0.3 is 0 Å². The summed E-state index contributed by atoms with van der Waals surface area (Å²) in [7, 11) is 2.16. The fraction of sp³-hybridized carbons (Fsp3) is 0.615. The lowest BCUT2D eigenvalue weighted by Crippen LogP contribution is -2.33. The van der Waals surface area contributed by atoms with Crippen LogP contribution in [0.4, 0.5) is 5.82 Å². The molecule has 0 amide bonds. The highest BCUT2D eigenvalue weighted by Crippen LogP contribution is 2.22. The van der Waals surface area contributed by atoms with Gasteiger partial charge in [0.25, 0.3) is 0 Å². The van der Waals surface area contributed by atoms with Crippen LogP contribution in [0.3, 0.4) is 0 Å². The normalized spacial score (nSPS) is 21.0. The van der Waals surface area contributed by atoms with Crippen molar-refractivity contribution >= 4 is 21.7 Å². The Morgan fingerprint density at radius 3 is 2.94 bits per heavy atom. The quantitative estimate of drug-likeness (QED) is 0.910. The molecule has 0 aliphatic carbocycles. The van der Waals surface area contributed by atoms with E-state index in [0.29, 0.717) is 6.04 Å². The third-order valence-corrected chi connectivity index (χ3v) is 4.30. The van der Waals surface area contributed by atoms with E-state index in [9.17, 15) is 0 Å². The van der Waals surface area contributed by atoms with Crippen LogP contribution >= 0.6 is 15.9 Å². The molecule has 1 saturated heterocycles. The Kier molecular flexibility index (Phi) is 4.40. The molecule has 0 bridgehead atoms. The summed E-state index contributed by atoms with van der Waals surface area (Å²) in [6.07, 6.45) is 3.71. The maximum Gasteiger partial charge on any atom is 0.128 e. The zero-order chi connectivity index (χ0) is 12.3. The summed E-state index contributed by atoms with van der Waals surface area (Å²) in [5.74, 6) is 1.08. The second kappa shape index (κ2) is 5.83. The van der Waals surface area contributed by atoms with Crippen LogP contribution in [-0.2, 0) is 0 Å². The Morgan fingerprint density at radius 2 is 2.18 bits per heavy atom. The van der Waals surface area contributed by atoms with Gasteiger partial charge in [-0.2, -0.15) is 0 Å². The van der Waals surface area contributed by atoms with Crippen LogP contribution < -0.4 is 10.2 Å². The number of hydrogen-bond donors (Lipinski definition) is 1. The molecule has 0 aromatic carbocycles. The number of nitrogens with zero attached hydrogens (tertiary/aromatic N) is 2. The van der Waals surface area contributed by atoms with Gasteiger partial charge in [0.15, 0.2) is 0 Å². The average molecular weight is 298 g/mol. The molecule has 17 heavy (non-hydrogen) atoms. The second-order valence-electron chi connectivity index (χ2n) is 4.68. The zero-order valence-electron chi connectivity index (χ0n) is 10.5. The van der Waals surface area contributed by atoms with Gasteiger partial charge in [0.05, 0.1) is 5.69 Å². The molecule has 94 valence electrons. The fourth-order valence-corrected chi connectivity index (χ4v) is 2.52. The highest BCUT2D eigenvalue weighted by molar-refractivity contribution is 9.10. The minimum atomic E-state index is 0.609. The van der Waals surface area contributed by atoms with Crippen molar-refractivity contribution in [3.63, 3.8) is 0 Å². The van der Waals surface area contributed by atoms with Gasteiger partial charge in [0, 0.05) is 17.6 Å². The summed E-state index contributed by atoms with van der Waals surface area (Å²) in [6, 6.07) is 4.79. The largest absolute Gasteiger partial charge is 0.357 e. The molecule has 1 aromatic rings. The summed E-state index contributed by atoms with van der Waals surface area (Å²) in [4.78, 5) is 6.96. The number of hydrogen-bond acceptors (Lipinski definition) is 3. The first kappa shape index (κ1) is 12.8. The number of anilines is 1. The van der Waals surface area contributed by atoms with Gasteiger partial charge in [0.1, 0.15) is 5.82 Å². The molecule has 4 heteroatoms. The van der Waals surface area contributed by atoms with E-state index in [1.54, 1.807) is 0 Å². The Balaban J connectivity index is 2.11. The Morgan fingerprint density at radius 1 is 1.35 bits per heavy atom. The molecule has 3 nitrogen and oxygen atoms in total. The molecular formula is C13H20BrN3. The monoisotopic (exact) mass is 297 g/mol. The van der Waals surface area contributed by atoms with Crippen molar-refractivity contribution in [2.24, 2.45) is 0 Å². The summed E-state index contributed by atoms with van der Waals surface area (Å²) in [5, 5.41) is 3.45. The summed E-state index contributed by atoms with van der Waals surface area (Å²) in [6.45, 7) is 4.30. The van der Waals surface area contributed by atoms with E-state index >= 15 is 0 Å². The lowest BCUT2D eigenvalue weighted by molar-refractivity contribution is 0.562. The van der Waals surface area contributed by atoms with Crippen molar-refractivity contribution in [1.82, 2.24) is 10.3 Å². The van der Waals surface area contributed by atoms with Crippen LogP contribution in [0.2, 0.25) is 0 Å². The van der Waals surface area contributed by atoms with Gasteiger partial charge in [-0.3, -0.25) is 0 Å². The van der Waals surface area contributed by atoms with E-state index in [2.05, 4.69) is 50.3 Å². The van der Waals surface area contributed by atoms with Crippen LogP contribution in [0.25, 0.3) is 0 Å². The SMILES string of the molecule is Cc1nc(N(C)C2CCCNCC2)ccc1Br. The lowest BCUT2D eigenvalue weighted by atomic mass is 10.1. The van der Waals surface area contributed by atoms with Gasteiger partial charge in [-0.1, -0.05) is 0 Å². The average Bonchev–Trinajstić information content (AvgIpc) is 2.60. The molecule has 1 fully saturated rings. The molecule has 1 unspecified atom stereocenters. The maximum atomic E-state index is 4.64. The van der Waals surface area contributed by atoms with E-state index in [4.69, 9.17) is 0 Å². The molecule has 1 aliphatic rings. The van der Waals surface area contributed by atoms with Crippen LogP contribution in [0.1, 0.15) is 25.0 Å². The number of aromatic nitrogens is 1. The summed E-state index contributed by atoms with van der Waals surface area (Å²) in [5.41, 5.74) is 1.06. The topological polar surface area (TPSA) is 28.2 Å². The molecule has 0 spiro atoms. The van der Waals surface area contributed by atoms with Gasteiger partial charge in [-0.25, -0.2) is 4.98 Å². The van der Waals surface area contributed by atoms with Crippen molar-refractivity contribution in [3.8, 4) is 0 Å². The standard InChI is InChI=1S/C13H20BrN3/c1-10-12(14)5-6-13(16-10)17(2)11-4-3-8-15-9-7-11/h5-6,11,15H,3-4,7-9H2,1-2H3. The molecule has 1 aliphatic heterocycles. The molecule has 1 aromatic heterocycles. The number of rotatable bonds is 2. The fourth-order valence-electron chi connectivity index (χ4n) is 2.30. The van der Waals surface area contributed by atoms with Crippen molar-refractivity contribution in [2.45, 2.75) is 32.2 Å². The molecule has 2 rings (SSSR count). The first-order valence-corrected chi connectivity index (χ1v) is 7.04. The molecule has 2 heterocycles. The van der Waals surface area contributed by atoms with E-state index in [1.165, 1.54) is 19.3 Å². The number of nitrogens with one attached hydrogen (secondary N) is 1. The van der Waals surface area contributed by atoms with E-state index in [0.717, 1.165) is 29.1 Å². The predicted octanol–water partition coefficient (Wildman–Crippen LogP) is 2.73. The predicted molar refractivity (Wildman–Crippen MR) is 75.6 cm³/mol. The molecule has 0 saturated carbocycles. The van der Waals surface area contributed by atoms with Crippen molar-refractivity contribution in [1.29, 1.82) is 0 Å². The molecule has 1 N–H and O–H groups in total. The first-order valence-electron chi connectivity index (χ1n) is 6.25. The number of halogens is 1. The van der Waals surface area contributed by atoms with Crippen molar-refractivity contribution < 1.29 is 0 Å². The Bertz CT molecular complexity index is 373. The van der Waals surface area contributed by atoms with Gasteiger partial charge < -0.3 is 10.2 Å². The van der Waals surface area contributed by atoms with Crippen molar-refractivity contribution in [2.75, 3.05) is 25.0 Å². The van der Waals surface area contributed by atoms with E-state index in [-0.39, 0.29) is 0 Å². The Hall–Kier alpha value is -0.610. The molecule has 1 atom stereocenters. The van der Waals surface area contributed by atoms with Crippen LogP contribution in [0, 0.1) is 6.92 Å². The van der Waals surface area contributed by atoms with Crippen LogP contribution in [0.15, 0.2) is 16.6 Å². The third-order valence-electron chi connectivity index (χ3n) is 3.46. The zero-order valence-corrected chi connectivity index (χ0v) is 12.1. The minimum Gasteiger partial charge on any atom is -0.357 e. The first-order chi connectivity index (χ1) is 8.18. The molecular weight excluding hydrogens is 278 g/mol. The van der Waals surface area contributed by atoms with Crippen LogP contribution in [0.5, 0.6) is 0 Å². The van der Waals surface area contributed by atoms with E-state index in [1.807, 2.05) is 6.92 Å². The van der Waals surface area contributed by atoms with Crippen LogP contribution in [-0.4, -0.2) is 31.2 Å². The highest BCUT2D eigenvalue weighted by Gasteiger charge is 2.18. The van der Waals surface area contributed by atoms with Gasteiger partial charge in [-0.15, -0.1) is 0 Å². The highest BCUT2D eigenvalue weighted by atomic mass is 79.9. The maximum absolute atomic E-state index is 4.64. The Labute approximate surface area is 112 Å². The van der Waals surface area contributed by atoms with Crippen molar-refractivity contribution in [3.05, 3.63) is 22.3 Å². The second-order valence-corrected chi connectivity index (χ2v) is 5.54. The minimum absolute atomic E-state index is 0.609. The third kappa shape index (κ3) is 3.19. The summed E-state index contributed by atoms with van der Waals surface area (Å²) < 4.78 is 1.08. The number of aryl methyl sites for hydroxylation is 1.